The zero-order valence-corrected chi connectivity index (χ0v) is 15.6. The number of thioether (sulfide) groups is 1. The summed E-state index contributed by atoms with van der Waals surface area (Å²) in [6.07, 6.45) is 1.77. The van der Waals surface area contributed by atoms with Crippen molar-refractivity contribution in [2.24, 2.45) is 0 Å². The Kier molecular flexibility index (Phi) is 5.31. The molecule has 1 heterocycles. The van der Waals surface area contributed by atoms with Crippen molar-refractivity contribution in [1.82, 2.24) is 9.97 Å². The summed E-state index contributed by atoms with van der Waals surface area (Å²) in [6, 6.07) is 13.2. The molecule has 0 atom stereocenters. The molecule has 2 aromatic carbocycles. The van der Waals surface area contributed by atoms with Crippen LogP contribution in [0, 0.1) is 11.3 Å². The summed E-state index contributed by atoms with van der Waals surface area (Å²) in [7, 11) is 0. The Bertz CT molecular complexity index is 1130. The van der Waals surface area contributed by atoms with Gasteiger partial charge < -0.3 is 10.1 Å². The normalized spacial score (nSPS) is 10.4. The minimum atomic E-state index is -1.06. The Hall–Kier alpha value is -3.08. The van der Waals surface area contributed by atoms with E-state index in [0.717, 1.165) is 0 Å². The van der Waals surface area contributed by atoms with Crippen LogP contribution in [-0.4, -0.2) is 27.3 Å². The first-order chi connectivity index (χ1) is 12.9. The third-order valence-electron chi connectivity index (χ3n) is 3.88. The number of hydrogen-bond acceptors (Lipinski definition) is 5. The van der Waals surface area contributed by atoms with Crippen LogP contribution in [-0.2, 0) is 0 Å². The summed E-state index contributed by atoms with van der Waals surface area (Å²) >= 11 is 7.27. The van der Waals surface area contributed by atoms with Gasteiger partial charge >= 0.3 is 5.97 Å². The van der Waals surface area contributed by atoms with E-state index < -0.39 is 11.5 Å². The van der Waals surface area contributed by atoms with Crippen LogP contribution in [0.5, 0.6) is 0 Å². The van der Waals surface area contributed by atoms with Crippen LogP contribution in [0.4, 0.5) is 0 Å². The lowest BCUT2D eigenvalue weighted by atomic mass is 9.97. The van der Waals surface area contributed by atoms with Gasteiger partial charge in [0.05, 0.1) is 11.3 Å². The van der Waals surface area contributed by atoms with E-state index >= 15 is 0 Å². The number of nitriles is 1. The number of aromatic nitrogens is 2. The van der Waals surface area contributed by atoms with Crippen LogP contribution in [0.25, 0.3) is 22.4 Å². The fourth-order valence-electron chi connectivity index (χ4n) is 2.61. The van der Waals surface area contributed by atoms with Gasteiger partial charge in [-0.05, 0) is 35.6 Å². The number of rotatable bonds is 4. The fraction of sp³-hybridized carbons (Fsp3) is 0.0526. The van der Waals surface area contributed by atoms with Gasteiger partial charge in [0.2, 0.25) is 0 Å². The van der Waals surface area contributed by atoms with Gasteiger partial charge in [-0.25, -0.2) is 9.78 Å². The Morgan fingerprint density at radius 1 is 1.22 bits per heavy atom. The molecule has 6 nitrogen and oxygen atoms in total. The molecule has 0 unspecified atom stereocenters. The fourth-order valence-corrected chi connectivity index (χ4v) is 3.16. The molecule has 0 aliphatic carbocycles. The minimum absolute atomic E-state index is 0.0745. The van der Waals surface area contributed by atoms with Gasteiger partial charge in [0, 0.05) is 10.6 Å². The number of nitrogens with one attached hydrogen (secondary N) is 1. The third-order valence-corrected chi connectivity index (χ3v) is 4.70. The summed E-state index contributed by atoms with van der Waals surface area (Å²) < 4.78 is 0. The zero-order valence-electron chi connectivity index (χ0n) is 14.0. The van der Waals surface area contributed by atoms with Crippen LogP contribution < -0.4 is 5.56 Å². The first kappa shape index (κ1) is 18.7. The second-order valence-corrected chi connectivity index (χ2v) is 6.71. The molecule has 0 amide bonds. The molecule has 8 heteroatoms. The zero-order chi connectivity index (χ0) is 19.6. The number of nitrogens with zero attached hydrogens (tertiary/aromatic N) is 2. The Balaban J connectivity index is 2.12. The highest BCUT2D eigenvalue weighted by Gasteiger charge is 2.15. The molecule has 3 rings (SSSR count). The summed E-state index contributed by atoms with van der Waals surface area (Å²) in [6.45, 7) is 0. The van der Waals surface area contributed by atoms with E-state index in [1.807, 2.05) is 6.07 Å². The molecule has 134 valence electrons. The van der Waals surface area contributed by atoms with Crippen molar-refractivity contribution < 1.29 is 9.90 Å². The molecule has 0 bridgehead atoms. The van der Waals surface area contributed by atoms with E-state index in [4.69, 9.17) is 11.6 Å². The molecule has 0 spiro atoms. The van der Waals surface area contributed by atoms with E-state index in [9.17, 15) is 20.0 Å². The van der Waals surface area contributed by atoms with Crippen LogP contribution in [0.1, 0.15) is 15.9 Å². The van der Waals surface area contributed by atoms with Gasteiger partial charge in [0.25, 0.3) is 5.56 Å². The highest BCUT2D eigenvalue weighted by molar-refractivity contribution is 7.98. The number of H-pyrrole nitrogens is 1. The second-order valence-electron chi connectivity index (χ2n) is 5.48. The number of aromatic carboxylic acids is 1. The predicted octanol–water partition coefficient (Wildman–Crippen LogP) is 4.05. The molecule has 0 aliphatic heterocycles. The number of aromatic amines is 1. The molecule has 0 radical (unpaired) electrons. The van der Waals surface area contributed by atoms with Gasteiger partial charge in [-0.15, -0.1) is 0 Å². The van der Waals surface area contributed by atoms with Crippen molar-refractivity contribution in [1.29, 1.82) is 5.26 Å². The third kappa shape index (κ3) is 3.72. The lowest BCUT2D eigenvalue weighted by Gasteiger charge is -2.09. The lowest BCUT2D eigenvalue weighted by molar-refractivity contribution is 0.0697. The maximum absolute atomic E-state index is 12.1. The van der Waals surface area contributed by atoms with Gasteiger partial charge in [-0.1, -0.05) is 47.6 Å². The minimum Gasteiger partial charge on any atom is -0.478 e. The van der Waals surface area contributed by atoms with E-state index in [2.05, 4.69) is 9.97 Å². The molecule has 27 heavy (non-hydrogen) atoms. The molecular weight excluding hydrogens is 386 g/mol. The van der Waals surface area contributed by atoms with E-state index in [0.29, 0.717) is 26.9 Å². The molecule has 0 aliphatic rings. The molecule has 1 aromatic heterocycles. The highest BCUT2D eigenvalue weighted by Crippen LogP contribution is 2.30. The van der Waals surface area contributed by atoms with Crippen LogP contribution in [0.2, 0.25) is 5.02 Å². The Morgan fingerprint density at radius 2 is 1.89 bits per heavy atom. The van der Waals surface area contributed by atoms with Crippen molar-refractivity contribution in [2.75, 3.05) is 6.26 Å². The maximum atomic E-state index is 12.1. The van der Waals surface area contributed by atoms with Gasteiger partial charge in [0.15, 0.2) is 5.16 Å². The van der Waals surface area contributed by atoms with Crippen molar-refractivity contribution in [2.45, 2.75) is 5.16 Å². The van der Waals surface area contributed by atoms with Crippen LogP contribution in [0.15, 0.2) is 52.4 Å². The van der Waals surface area contributed by atoms with Gasteiger partial charge in [-0.3, -0.25) is 4.79 Å². The average molecular weight is 398 g/mol. The number of carboxylic acid groups (broad SMARTS) is 1. The molecule has 3 aromatic rings. The largest absolute Gasteiger partial charge is 0.478 e. The first-order valence-corrected chi connectivity index (χ1v) is 9.27. The standard InChI is InChI=1S/C19H12ClN3O3S/c1-27-19-22-16(15(9-21)17(24)23-19)11-4-2-10(3-5-11)14-8-12(20)6-7-13(14)18(25)26/h2-8H,1H3,(H,25,26)(H,22,23,24). The van der Waals surface area contributed by atoms with E-state index in [1.165, 1.54) is 23.9 Å². The SMILES string of the molecule is CSc1nc(-c2ccc(-c3cc(Cl)ccc3C(=O)O)cc2)c(C#N)c(=O)[nH]1. The summed E-state index contributed by atoms with van der Waals surface area (Å²) in [5.41, 5.74) is 1.53. The van der Waals surface area contributed by atoms with Crippen LogP contribution >= 0.6 is 23.4 Å². The van der Waals surface area contributed by atoms with Crippen molar-refractivity contribution >= 4 is 29.3 Å². The number of carbonyl (C=O) groups is 1. The van der Waals surface area contributed by atoms with Crippen molar-refractivity contribution in [3.05, 3.63) is 69.0 Å². The van der Waals surface area contributed by atoms with Gasteiger partial charge in [-0.2, -0.15) is 5.26 Å². The Labute approximate surface area is 163 Å². The van der Waals surface area contributed by atoms with E-state index in [-0.39, 0.29) is 16.8 Å². The lowest BCUT2D eigenvalue weighted by Crippen LogP contribution is -2.14. The number of halogens is 1. The first-order valence-electron chi connectivity index (χ1n) is 7.66. The topological polar surface area (TPSA) is 107 Å². The van der Waals surface area contributed by atoms with Crippen molar-refractivity contribution in [3.8, 4) is 28.5 Å². The molecule has 0 fully saturated rings. The number of carboxylic acids is 1. The molecule has 0 saturated carbocycles. The molecule has 2 N–H and O–H groups in total. The van der Waals surface area contributed by atoms with Gasteiger partial charge in [0.1, 0.15) is 11.6 Å². The maximum Gasteiger partial charge on any atom is 0.336 e. The number of benzene rings is 2. The molecular formula is C19H12ClN3O3S. The average Bonchev–Trinajstić information content (AvgIpc) is 2.67. The smallest absolute Gasteiger partial charge is 0.336 e. The van der Waals surface area contributed by atoms with E-state index in [1.54, 1.807) is 36.6 Å². The van der Waals surface area contributed by atoms with Crippen molar-refractivity contribution in [3.63, 3.8) is 0 Å². The molecule has 0 saturated heterocycles. The predicted molar refractivity (Wildman–Crippen MR) is 104 cm³/mol. The Morgan fingerprint density at radius 3 is 2.48 bits per heavy atom. The summed E-state index contributed by atoms with van der Waals surface area (Å²) in [5, 5.41) is 19.5. The number of hydrogen-bond donors (Lipinski definition) is 2. The highest BCUT2D eigenvalue weighted by atomic mass is 35.5. The monoisotopic (exact) mass is 397 g/mol. The van der Waals surface area contributed by atoms with Crippen LogP contribution in [0.3, 0.4) is 0 Å². The quantitative estimate of drug-likeness (QED) is 0.508. The second kappa shape index (κ2) is 7.66. The summed E-state index contributed by atoms with van der Waals surface area (Å²) in [5.74, 6) is -1.06. The summed E-state index contributed by atoms with van der Waals surface area (Å²) in [4.78, 5) is 30.4.